The molecule has 0 spiro atoms. The van der Waals surface area contributed by atoms with Gasteiger partial charge in [-0.15, -0.1) is 0 Å². The average Bonchev–Trinajstić information content (AvgIpc) is 3.02. The Bertz CT molecular complexity index is 1090. The number of anilines is 1. The molecule has 7 nitrogen and oxygen atoms in total. The molecule has 2 heterocycles. The highest BCUT2D eigenvalue weighted by molar-refractivity contribution is 5.95. The quantitative estimate of drug-likeness (QED) is 0.695. The lowest BCUT2D eigenvalue weighted by atomic mass is 9.86. The van der Waals surface area contributed by atoms with E-state index < -0.39 is 5.91 Å². The van der Waals surface area contributed by atoms with E-state index in [1.54, 1.807) is 28.9 Å². The van der Waals surface area contributed by atoms with E-state index in [1.165, 1.54) is 12.1 Å². The summed E-state index contributed by atoms with van der Waals surface area (Å²) in [5.41, 5.74) is 8.18. The summed E-state index contributed by atoms with van der Waals surface area (Å²) >= 11 is 0. The first kappa shape index (κ1) is 18.7. The highest BCUT2D eigenvalue weighted by atomic mass is 19.1. The van der Waals surface area contributed by atoms with Crippen LogP contribution in [0, 0.1) is 12.7 Å². The number of carbonyl (C=O) groups is 2. The van der Waals surface area contributed by atoms with Gasteiger partial charge in [0, 0.05) is 17.9 Å². The van der Waals surface area contributed by atoms with Crippen molar-refractivity contribution in [2.24, 2.45) is 5.73 Å². The van der Waals surface area contributed by atoms with E-state index in [9.17, 15) is 14.0 Å². The minimum absolute atomic E-state index is 0.144. The molecule has 3 aromatic rings. The summed E-state index contributed by atoms with van der Waals surface area (Å²) in [5, 5.41) is 7.41. The largest absolute Gasteiger partial charge is 0.484 e. The third-order valence-electron chi connectivity index (χ3n) is 4.82. The van der Waals surface area contributed by atoms with Crippen LogP contribution in [0.5, 0.6) is 5.75 Å². The molecule has 148 valence electrons. The van der Waals surface area contributed by atoms with Crippen molar-refractivity contribution in [1.82, 2.24) is 9.78 Å². The molecular formula is C21H19FN4O3. The number of hydrogen-bond acceptors (Lipinski definition) is 4. The minimum atomic E-state index is -0.553. The molecule has 1 aromatic heterocycles. The maximum atomic E-state index is 13.7. The Hall–Kier alpha value is -3.68. The van der Waals surface area contributed by atoms with Crippen molar-refractivity contribution in [3.63, 3.8) is 0 Å². The van der Waals surface area contributed by atoms with Crippen molar-refractivity contribution in [3.8, 4) is 11.4 Å². The van der Waals surface area contributed by atoms with Crippen LogP contribution in [0.1, 0.15) is 29.2 Å². The molecule has 0 saturated carbocycles. The predicted molar refractivity (Wildman–Crippen MR) is 104 cm³/mol. The number of nitrogens with zero attached hydrogens (tertiary/aromatic N) is 2. The first-order chi connectivity index (χ1) is 13.9. The fraction of sp³-hybridized carbons (Fsp3) is 0.190. The number of ether oxygens (including phenoxy) is 1. The third kappa shape index (κ3) is 3.69. The number of carbonyl (C=O) groups excluding carboxylic acids is 2. The normalized spacial score (nSPS) is 15.5. The molecule has 1 aliphatic heterocycles. The lowest BCUT2D eigenvalue weighted by Crippen LogP contribution is -2.25. The van der Waals surface area contributed by atoms with E-state index in [2.05, 4.69) is 10.4 Å². The number of benzene rings is 2. The molecule has 0 bridgehead atoms. The number of primary amides is 1. The predicted octanol–water partition coefficient (Wildman–Crippen LogP) is 2.66. The van der Waals surface area contributed by atoms with Gasteiger partial charge in [-0.1, -0.05) is 18.2 Å². The minimum Gasteiger partial charge on any atom is -0.484 e. The fourth-order valence-electron chi connectivity index (χ4n) is 3.58. The first-order valence-electron chi connectivity index (χ1n) is 9.08. The summed E-state index contributed by atoms with van der Waals surface area (Å²) in [6, 6.07) is 13.2. The first-order valence-corrected chi connectivity index (χ1v) is 9.08. The molecule has 1 atom stereocenters. The van der Waals surface area contributed by atoms with Gasteiger partial charge in [-0.25, -0.2) is 9.07 Å². The van der Waals surface area contributed by atoms with Crippen molar-refractivity contribution >= 4 is 17.6 Å². The van der Waals surface area contributed by atoms with Crippen molar-refractivity contribution < 1.29 is 18.7 Å². The SMILES string of the molecule is Cc1nn(-c2cccc(F)c2)c2c1C(c1ccc(OCC(N)=O)cc1)CC(=O)N2. The van der Waals surface area contributed by atoms with Crippen LogP contribution < -0.4 is 15.8 Å². The smallest absolute Gasteiger partial charge is 0.255 e. The van der Waals surface area contributed by atoms with Crippen LogP contribution in [0.2, 0.25) is 0 Å². The van der Waals surface area contributed by atoms with Crippen molar-refractivity contribution in [2.45, 2.75) is 19.3 Å². The molecule has 2 aromatic carbocycles. The molecular weight excluding hydrogens is 375 g/mol. The molecule has 8 heteroatoms. The molecule has 0 radical (unpaired) electrons. The van der Waals surface area contributed by atoms with Gasteiger partial charge in [-0.3, -0.25) is 9.59 Å². The summed E-state index contributed by atoms with van der Waals surface area (Å²) in [4.78, 5) is 23.3. The molecule has 4 rings (SSSR count). The van der Waals surface area contributed by atoms with Crippen molar-refractivity contribution in [3.05, 3.63) is 71.2 Å². The summed E-state index contributed by atoms with van der Waals surface area (Å²) < 4.78 is 20.5. The zero-order chi connectivity index (χ0) is 20.5. The fourth-order valence-corrected chi connectivity index (χ4v) is 3.58. The van der Waals surface area contributed by atoms with E-state index in [-0.39, 0.29) is 30.7 Å². The molecule has 2 amide bonds. The number of nitrogens with one attached hydrogen (secondary N) is 1. The van der Waals surface area contributed by atoms with Crippen LogP contribution in [-0.2, 0) is 9.59 Å². The second-order valence-corrected chi connectivity index (χ2v) is 6.87. The number of fused-ring (bicyclic) bond motifs is 1. The van der Waals surface area contributed by atoms with Gasteiger partial charge in [-0.2, -0.15) is 5.10 Å². The standard InChI is InChI=1S/C21H19FN4O3/c1-12-20-17(13-5-7-16(8-6-13)29-11-18(23)27)10-19(28)24-21(20)26(25-12)15-4-2-3-14(22)9-15/h2-9,17H,10-11H2,1H3,(H2,23,27)(H,24,28). The van der Waals surface area contributed by atoms with Gasteiger partial charge in [0.1, 0.15) is 17.4 Å². The van der Waals surface area contributed by atoms with Gasteiger partial charge in [0.25, 0.3) is 5.91 Å². The van der Waals surface area contributed by atoms with Gasteiger partial charge >= 0.3 is 0 Å². The number of rotatable bonds is 5. The summed E-state index contributed by atoms with van der Waals surface area (Å²) in [5.74, 6) is -0.221. The monoisotopic (exact) mass is 394 g/mol. The van der Waals surface area contributed by atoms with Crippen LogP contribution in [0.15, 0.2) is 48.5 Å². The van der Waals surface area contributed by atoms with Crippen LogP contribution in [0.4, 0.5) is 10.2 Å². The molecule has 3 N–H and O–H groups in total. The Morgan fingerprint density at radius 1 is 1.31 bits per heavy atom. The Labute approximate surface area is 166 Å². The van der Waals surface area contributed by atoms with Crippen LogP contribution >= 0.6 is 0 Å². The van der Waals surface area contributed by atoms with Crippen LogP contribution in [0.25, 0.3) is 5.69 Å². The second-order valence-electron chi connectivity index (χ2n) is 6.87. The number of aryl methyl sites for hydroxylation is 1. The van der Waals surface area contributed by atoms with Gasteiger partial charge < -0.3 is 15.8 Å². The van der Waals surface area contributed by atoms with Gasteiger partial charge in [-0.05, 0) is 42.8 Å². The Morgan fingerprint density at radius 3 is 2.76 bits per heavy atom. The lowest BCUT2D eigenvalue weighted by molar-refractivity contribution is -0.120. The molecule has 1 aliphatic rings. The third-order valence-corrected chi connectivity index (χ3v) is 4.82. The lowest BCUT2D eigenvalue weighted by Gasteiger charge is -2.24. The topological polar surface area (TPSA) is 99.2 Å². The Morgan fingerprint density at radius 2 is 2.07 bits per heavy atom. The zero-order valence-electron chi connectivity index (χ0n) is 15.7. The van der Waals surface area contributed by atoms with Gasteiger partial charge in [0.15, 0.2) is 6.61 Å². The summed E-state index contributed by atoms with van der Waals surface area (Å²) in [6.07, 6.45) is 0.268. The Kier molecular flexibility index (Phi) is 4.75. The molecule has 1 unspecified atom stereocenters. The number of halogens is 1. The van der Waals surface area contributed by atoms with E-state index in [0.717, 1.165) is 16.8 Å². The summed E-state index contributed by atoms with van der Waals surface area (Å²) in [7, 11) is 0. The average molecular weight is 394 g/mol. The van der Waals surface area contributed by atoms with E-state index in [1.807, 2.05) is 19.1 Å². The van der Waals surface area contributed by atoms with Gasteiger partial charge in [0.05, 0.1) is 11.4 Å². The summed E-state index contributed by atoms with van der Waals surface area (Å²) in [6.45, 7) is 1.66. The number of hydrogen-bond donors (Lipinski definition) is 2. The van der Waals surface area contributed by atoms with E-state index in [4.69, 9.17) is 10.5 Å². The Balaban J connectivity index is 1.71. The van der Waals surface area contributed by atoms with E-state index in [0.29, 0.717) is 17.3 Å². The van der Waals surface area contributed by atoms with Crippen molar-refractivity contribution in [1.29, 1.82) is 0 Å². The van der Waals surface area contributed by atoms with Gasteiger partial charge in [0.2, 0.25) is 5.91 Å². The highest BCUT2D eigenvalue weighted by Gasteiger charge is 2.32. The van der Waals surface area contributed by atoms with E-state index >= 15 is 0 Å². The highest BCUT2D eigenvalue weighted by Crippen LogP contribution is 2.40. The zero-order valence-corrected chi connectivity index (χ0v) is 15.7. The number of aromatic nitrogens is 2. The second kappa shape index (κ2) is 7.38. The van der Waals surface area contributed by atoms with Crippen molar-refractivity contribution in [2.75, 3.05) is 11.9 Å². The molecule has 0 saturated heterocycles. The maximum absolute atomic E-state index is 13.7. The van der Waals surface area contributed by atoms with Crippen LogP contribution in [-0.4, -0.2) is 28.2 Å². The molecule has 0 aliphatic carbocycles. The number of nitrogens with two attached hydrogens (primary N) is 1. The number of amides is 2. The maximum Gasteiger partial charge on any atom is 0.255 e. The molecule has 0 fully saturated rings. The molecule has 29 heavy (non-hydrogen) atoms. The van der Waals surface area contributed by atoms with Crippen LogP contribution in [0.3, 0.4) is 0 Å².